The summed E-state index contributed by atoms with van der Waals surface area (Å²) in [5, 5.41) is 28.6. The zero-order valence-corrected chi connectivity index (χ0v) is 25.5. The van der Waals surface area contributed by atoms with Crippen molar-refractivity contribution >= 4 is 52.1 Å². The molecule has 0 aliphatic heterocycles. The third kappa shape index (κ3) is 7.56. The zero-order valence-electron chi connectivity index (χ0n) is 23.4. The Labute approximate surface area is 254 Å². The highest BCUT2D eigenvalue weighted by Crippen LogP contribution is 2.50. The second kappa shape index (κ2) is 14.2. The smallest absolute Gasteiger partial charge is 0.306 e. The molecule has 0 heterocycles. The molecule has 0 aromatic heterocycles. The van der Waals surface area contributed by atoms with Crippen LogP contribution >= 0.6 is 22.6 Å². The number of hydrogen-bond donors (Lipinski definition) is 3. The SMILES string of the molecule is O=C(O)CCC[C@@H](C(=O)O)C1CCC1C(=O)C1CCC1[C@@H](CCCCC1CCC1C(=O)c1ccc(I)cc1)C(=O)O. The number of unbranched alkanes of at least 4 members (excludes halogenated alkanes) is 1. The van der Waals surface area contributed by atoms with E-state index in [1.54, 1.807) is 0 Å². The molecule has 8 atom stereocenters. The minimum Gasteiger partial charge on any atom is -0.481 e. The number of carbonyl (C=O) groups excluding carboxylic acids is 2. The van der Waals surface area contributed by atoms with Crippen LogP contribution in [-0.2, 0) is 19.2 Å². The molecule has 0 radical (unpaired) electrons. The van der Waals surface area contributed by atoms with Gasteiger partial charge >= 0.3 is 17.9 Å². The second-order valence-corrected chi connectivity index (χ2v) is 13.6. The average Bonchev–Trinajstić information content (AvgIpc) is 2.84. The third-order valence-corrected chi connectivity index (χ3v) is 10.9. The number of halogens is 1. The molecular weight excluding hydrogens is 639 g/mol. The Morgan fingerprint density at radius 2 is 1.24 bits per heavy atom. The summed E-state index contributed by atoms with van der Waals surface area (Å²) in [6, 6.07) is 7.68. The standard InChI is InChI=1S/C32H41IO8/c33-20-11-8-19(9-12-20)29(36)21-13-10-18(21)4-1-2-5-26(31(38)39)22-14-16-24(22)30(37)25-17-15-23(25)27(32(40)41)6-3-7-28(34)35/h8-9,11-12,18,21-27H,1-7,10,13-17H2,(H,34,35)(H,38,39)(H,40,41)/t18?,21?,22?,23?,24?,25?,26-,27-/m1/s1. The lowest BCUT2D eigenvalue weighted by Gasteiger charge is -2.46. The lowest BCUT2D eigenvalue weighted by Crippen LogP contribution is -2.49. The highest BCUT2D eigenvalue weighted by molar-refractivity contribution is 14.1. The van der Waals surface area contributed by atoms with Gasteiger partial charge in [0.15, 0.2) is 5.78 Å². The third-order valence-electron chi connectivity index (χ3n) is 10.2. The van der Waals surface area contributed by atoms with E-state index in [4.69, 9.17) is 5.11 Å². The van der Waals surface area contributed by atoms with Gasteiger partial charge in [0.2, 0.25) is 0 Å². The fourth-order valence-electron chi connectivity index (χ4n) is 7.37. The van der Waals surface area contributed by atoms with Crippen molar-refractivity contribution < 1.29 is 39.3 Å². The molecule has 0 saturated heterocycles. The molecule has 3 aliphatic carbocycles. The monoisotopic (exact) mass is 680 g/mol. The molecule has 3 N–H and O–H groups in total. The highest BCUT2D eigenvalue weighted by atomic mass is 127. The van der Waals surface area contributed by atoms with E-state index in [0.717, 1.165) is 41.2 Å². The van der Waals surface area contributed by atoms with Gasteiger partial charge in [-0.1, -0.05) is 25.0 Å². The van der Waals surface area contributed by atoms with Crippen molar-refractivity contribution in [1.29, 1.82) is 0 Å². The first-order chi connectivity index (χ1) is 19.6. The fourth-order valence-corrected chi connectivity index (χ4v) is 7.73. The molecule has 3 aliphatic rings. The number of carbonyl (C=O) groups is 5. The van der Waals surface area contributed by atoms with Crippen molar-refractivity contribution in [3.05, 3.63) is 33.4 Å². The summed E-state index contributed by atoms with van der Waals surface area (Å²) in [4.78, 5) is 61.3. The predicted octanol–water partition coefficient (Wildman–Crippen LogP) is 6.34. The van der Waals surface area contributed by atoms with Crippen molar-refractivity contribution in [3.8, 4) is 0 Å². The average molecular weight is 681 g/mol. The number of benzene rings is 1. The Morgan fingerprint density at radius 1 is 0.707 bits per heavy atom. The summed E-state index contributed by atoms with van der Waals surface area (Å²) in [6.45, 7) is 0. The number of ketones is 2. The van der Waals surface area contributed by atoms with Gasteiger partial charge in [0.05, 0.1) is 11.8 Å². The molecule has 1 aromatic carbocycles. The van der Waals surface area contributed by atoms with Gasteiger partial charge in [-0.05, 0) is 117 Å². The number of aliphatic carboxylic acids is 3. The van der Waals surface area contributed by atoms with Crippen LogP contribution in [0.5, 0.6) is 0 Å². The Balaban J connectivity index is 1.25. The van der Waals surface area contributed by atoms with Crippen LogP contribution in [0.1, 0.15) is 93.8 Å². The van der Waals surface area contributed by atoms with Crippen molar-refractivity contribution in [1.82, 2.24) is 0 Å². The molecule has 41 heavy (non-hydrogen) atoms. The maximum atomic E-state index is 13.5. The van der Waals surface area contributed by atoms with Crippen LogP contribution in [-0.4, -0.2) is 44.8 Å². The van der Waals surface area contributed by atoms with E-state index >= 15 is 0 Å². The van der Waals surface area contributed by atoms with Crippen LogP contribution in [0, 0.1) is 50.9 Å². The van der Waals surface area contributed by atoms with E-state index in [2.05, 4.69) is 22.6 Å². The second-order valence-electron chi connectivity index (χ2n) is 12.4. The van der Waals surface area contributed by atoms with Gasteiger partial charge in [0.1, 0.15) is 5.78 Å². The Morgan fingerprint density at radius 3 is 1.68 bits per heavy atom. The van der Waals surface area contributed by atoms with Gasteiger partial charge in [-0.2, -0.15) is 0 Å². The minimum atomic E-state index is -0.986. The Bertz CT molecular complexity index is 1130. The first-order valence-corrected chi connectivity index (χ1v) is 16.2. The van der Waals surface area contributed by atoms with E-state index in [9.17, 15) is 34.2 Å². The minimum absolute atomic E-state index is 0.0136. The van der Waals surface area contributed by atoms with Gasteiger partial charge in [-0.25, -0.2) is 0 Å². The highest BCUT2D eigenvalue weighted by Gasteiger charge is 2.51. The molecule has 4 rings (SSSR count). The predicted molar refractivity (Wildman–Crippen MR) is 159 cm³/mol. The van der Waals surface area contributed by atoms with E-state index in [-0.39, 0.29) is 60.4 Å². The van der Waals surface area contributed by atoms with Crippen LogP contribution < -0.4 is 0 Å². The van der Waals surface area contributed by atoms with Gasteiger partial charge < -0.3 is 15.3 Å². The van der Waals surface area contributed by atoms with E-state index < -0.39 is 29.7 Å². The lowest BCUT2D eigenvalue weighted by molar-refractivity contribution is -0.154. The van der Waals surface area contributed by atoms with E-state index in [1.807, 2.05) is 24.3 Å². The van der Waals surface area contributed by atoms with Crippen molar-refractivity contribution in [2.24, 2.45) is 47.3 Å². The van der Waals surface area contributed by atoms with Crippen LogP contribution in [0.3, 0.4) is 0 Å². The number of carboxylic acids is 3. The van der Waals surface area contributed by atoms with Gasteiger partial charge in [0, 0.05) is 33.3 Å². The first kappa shape index (κ1) is 31.6. The molecule has 3 saturated carbocycles. The molecule has 0 bridgehead atoms. The number of carboxylic acid groups (broad SMARTS) is 3. The largest absolute Gasteiger partial charge is 0.481 e. The molecule has 0 amide bonds. The van der Waals surface area contributed by atoms with Gasteiger partial charge in [-0.3, -0.25) is 24.0 Å². The molecule has 6 unspecified atom stereocenters. The lowest BCUT2D eigenvalue weighted by atomic mass is 9.56. The number of Topliss-reactive ketones (excluding diaryl/α,β-unsaturated/α-hetero) is 2. The summed E-state index contributed by atoms with van der Waals surface area (Å²) in [7, 11) is 0. The molecule has 9 heteroatoms. The first-order valence-electron chi connectivity index (χ1n) is 15.1. The molecule has 0 spiro atoms. The summed E-state index contributed by atoms with van der Waals surface area (Å²) in [6.07, 6.45) is 7.95. The topological polar surface area (TPSA) is 146 Å². The number of rotatable bonds is 17. The number of hydrogen-bond acceptors (Lipinski definition) is 5. The normalized spacial score (nSPS) is 28.3. The summed E-state index contributed by atoms with van der Waals surface area (Å²) in [5.74, 6) is -4.75. The molecule has 1 aromatic rings. The molecule has 3 fully saturated rings. The van der Waals surface area contributed by atoms with Crippen LogP contribution in [0.2, 0.25) is 0 Å². The van der Waals surface area contributed by atoms with Crippen LogP contribution in [0.4, 0.5) is 0 Å². The summed E-state index contributed by atoms with van der Waals surface area (Å²) < 4.78 is 1.10. The van der Waals surface area contributed by atoms with Crippen LogP contribution in [0.25, 0.3) is 0 Å². The van der Waals surface area contributed by atoms with Crippen molar-refractivity contribution in [2.75, 3.05) is 0 Å². The quantitative estimate of drug-likeness (QED) is 0.0982. The van der Waals surface area contributed by atoms with Crippen LogP contribution in [0.15, 0.2) is 24.3 Å². The van der Waals surface area contributed by atoms with Gasteiger partial charge in [-0.15, -0.1) is 0 Å². The van der Waals surface area contributed by atoms with E-state index in [0.29, 0.717) is 38.0 Å². The molecule has 8 nitrogen and oxygen atoms in total. The van der Waals surface area contributed by atoms with Gasteiger partial charge in [0.25, 0.3) is 0 Å². The maximum Gasteiger partial charge on any atom is 0.306 e. The molecular formula is C32H41IO8. The van der Waals surface area contributed by atoms with Crippen molar-refractivity contribution in [3.63, 3.8) is 0 Å². The van der Waals surface area contributed by atoms with Crippen molar-refractivity contribution in [2.45, 2.75) is 83.5 Å². The summed E-state index contributed by atoms with van der Waals surface area (Å²) >= 11 is 2.22. The summed E-state index contributed by atoms with van der Waals surface area (Å²) in [5.41, 5.74) is 0.760. The maximum absolute atomic E-state index is 13.5. The fraction of sp³-hybridized carbons (Fsp3) is 0.656. The Hall–Kier alpha value is -2.30. The van der Waals surface area contributed by atoms with E-state index in [1.165, 1.54) is 0 Å². The Kier molecular flexibility index (Phi) is 11.0. The zero-order chi connectivity index (χ0) is 29.7. The molecule has 224 valence electrons.